The number of likely N-dealkylation sites (N-methyl/N-ethyl adjacent to an activating group) is 1. The molecule has 0 heterocycles. The summed E-state index contributed by atoms with van der Waals surface area (Å²) in [5.41, 5.74) is 6.46. The number of hydrogen-bond donors (Lipinski definition) is 1. The van der Waals surface area contributed by atoms with Crippen LogP contribution in [0.15, 0.2) is 18.2 Å². The Kier molecular flexibility index (Phi) is 4.60. The molecule has 1 aliphatic rings. The highest BCUT2D eigenvalue weighted by atomic mass is 35.5. The molecule has 0 radical (unpaired) electrons. The lowest BCUT2D eigenvalue weighted by molar-refractivity contribution is 0.199. The van der Waals surface area contributed by atoms with Gasteiger partial charge in [0.15, 0.2) is 0 Å². The van der Waals surface area contributed by atoms with Crippen molar-refractivity contribution >= 4 is 11.6 Å². The zero-order valence-corrected chi connectivity index (χ0v) is 11.5. The first-order chi connectivity index (χ1) is 8.65. The van der Waals surface area contributed by atoms with Gasteiger partial charge in [-0.25, -0.2) is 4.39 Å². The number of nitrogens with two attached hydrogens (primary N) is 1. The van der Waals surface area contributed by atoms with Gasteiger partial charge in [-0.05, 0) is 43.5 Å². The molecule has 1 aromatic carbocycles. The summed E-state index contributed by atoms with van der Waals surface area (Å²) in [7, 11) is 0. The summed E-state index contributed by atoms with van der Waals surface area (Å²) in [6.07, 6.45) is 2.57. The fourth-order valence-corrected chi connectivity index (χ4v) is 2.53. The van der Waals surface area contributed by atoms with Crippen molar-refractivity contribution in [1.82, 2.24) is 4.90 Å². The molecule has 0 spiro atoms. The van der Waals surface area contributed by atoms with Crippen LogP contribution in [0, 0.1) is 11.7 Å². The maximum absolute atomic E-state index is 13.9. The van der Waals surface area contributed by atoms with Gasteiger partial charge < -0.3 is 5.73 Å². The van der Waals surface area contributed by atoms with E-state index in [1.54, 1.807) is 12.1 Å². The monoisotopic (exact) mass is 270 g/mol. The smallest absolute Gasteiger partial charge is 0.128 e. The van der Waals surface area contributed by atoms with Crippen LogP contribution in [0.2, 0.25) is 5.02 Å². The summed E-state index contributed by atoms with van der Waals surface area (Å²) in [5, 5.41) is 0.562. The minimum atomic E-state index is -0.218. The lowest BCUT2D eigenvalue weighted by Gasteiger charge is -2.30. The van der Waals surface area contributed by atoms with Gasteiger partial charge in [0.2, 0.25) is 0 Å². The summed E-state index contributed by atoms with van der Waals surface area (Å²) in [4.78, 5) is 2.26. The molecule has 1 unspecified atom stereocenters. The molecule has 100 valence electrons. The molecule has 0 saturated heterocycles. The Morgan fingerprint density at radius 2 is 2.22 bits per heavy atom. The van der Waals surface area contributed by atoms with E-state index in [-0.39, 0.29) is 11.9 Å². The van der Waals surface area contributed by atoms with Crippen LogP contribution in [0.4, 0.5) is 4.39 Å². The molecule has 4 heteroatoms. The van der Waals surface area contributed by atoms with Crippen molar-refractivity contribution in [3.63, 3.8) is 0 Å². The number of nitrogens with zero attached hydrogens (tertiary/aromatic N) is 1. The molecule has 1 atom stereocenters. The largest absolute Gasteiger partial charge is 0.329 e. The number of rotatable bonds is 6. The first-order valence-corrected chi connectivity index (χ1v) is 6.92. The van der Waals surface area contributed by atoms with E-state index in [2.05, 4.69) is 11.8 Å². The van der Waals surface area contributed by atoms with Crippen molar-refractivity contribution in [1.29, 1.82) is 0 Å². The van der Waals surface area contributed by atoms with E-state index in [1.165, 1.54) is 18.9 Å². The molecule has 2 N–H and O–H groups in total. The Labute approximate surface area is 113 Å². The van der Waals surface area contributed by atoms with E-state index in [1.807, 2.05) is 0 Å². The van der Waals surface area contributed by atoms with Gasteiger partial charge in [-0.3, -0.25) is 4.90 Å². The standard InChI is InChI=1S/C14H20ClFN2/c1-2-18(9-10-3-4-10)14(8-17)12-7-11(15)5-6-13(12)16/h5-7,10,14H,2-4,8-9,17H2,1H3. The van der Waals surface area contributed by atoms with Crippen LogP contribution in [0.3, 0.4) is 0 Å². The molecule has 0 amide bonds. The molecule has 1 aliphatic carbocycles. The molecule has 2 rings (SSSR count). The summed E-state index contributed by atoms with van der Waals surface area (Å²) < 4.78 is 13.9. The van der Waals surface area contributed by atoms with Crippen LogP contribution in [-0.2, 0) is 0 Å². The van der Waals surface area contributed by atoms with Gasteiger partial charge in [-0.2, -0.15) is 0 Å². The number of halogens is 2. The van der Waals surface area contributed by atoms with Crippen molar-refractivity contribution < 1.29 is 4.39 Å². The lowest BCUT2D eigenvalue weighted by Crippen LogP contribution is -2.35. The Balaban J connectivity index is 2.21. The molecule has 0 bridgehead atoms. The summed E-state index contributed by atoms with van der Waals surface area (Å²) in [6.45, 7) is 4.39. The minimum Gasteiger partial charge on any atom is -0.329 e. The summed E-state index contributed by atoms with van der Waals surface area (Å²) in [5.74, 6) is 0.547. The first-order valence-electron chi connectivity index (χ1n) is 6.54. The van der Waals surface area contributed by atoms with Gasteiger partial charge in [0.25, 0.3) is 0 Å². The van der Waals surface area contributed by atoms with Crippen LogP contribution in [0.1, 0.15) is 31.4 Å². The van der Waals surface area contributed by atoms with E-state index in [0.29, 0.717) is 17.1 Å². The molecule has 1 saturated carbocycles. The average Bonchev–Trinajstić information content (AvgIpc) is 3.17. The molecule has 0 aromatic heterocycles. The Hall–Kier alpha value is -0.640. The van der Waals surface area contributed by atoms with Crippen molar-refractivity contribution in [2.45, 2.75) is 25.8 Å². The average molecular weight is 271 g/mol. The Bertz CT molecular complexity index is 407. The quantitative estimate of drug-likeness (QED) is 0.860. The van der Waals surface area contributed by atoms with Crippen molar-refractivity contribution in [3.05, 3.63) is 34.6 Å². The lowest BCUT2D eigenvalue weighted by atomic mass is 10.0. The fraction of sp³-hybridized carbons (Fsp3) is 0.571. The zero-order chi connectivity index (χ0) is 13.1. The van der Waals surface area contributed by atoms with Crippen LogP contribution >= 0.6 is 11.6 Å². The molecular weight excluding hydrogens is 251 g/mol. The van der Waals surface area contributed by atoms with Crippen LogP contribution in [0.25, 0.3) is 0 Å². The van der Waals surface area contributed by atoms with Crippen molar-refractivity contribution in [2.75, 3.05) is 19.6 Å². The van der Waals surface area contributed by atoms with E-state index in [4.69, 9.17) is 17.3 Å². The van der Waals surface area contributed by atoms with Crippen LogP contribution in [-0.4, -0.2) is 24.5 Å². The zero-order valence-electron chi connectivity index (χ0n) is 10.7. The minimum absolute atomic E-state index is 0.0747. The van der Waals surface area contributed by atoms with E-state index < -0.39 is 0 Å². The molecule has 1 fully saturated rings. The molecule has 1 aromatic rings. The van der Waals surface area contributed by atoms with Crippen molar-refractivity contribution in [3.8, 4) is 0 Å². The van der Waals surface area contributed by atoms with Crippen LogP contribution in [0.5, 0.6) is 0 Å². The SMILES string of the molecule is CCN(CC1CC1)C(CN)c1cc(Cl)ccc1F. The third-order valence-corrected chi connectivity index (χ3v) is 3.81. The van der Waals surface area contributed by atoms with Crippen molar-refractivity contribution in [2.24, 2.45) is 11.7 Å². The normalized spacial score (nSPS) is 17.2. The molecule has 2 nitrogen and oxygen atoms in total. The maximum atomic E-state index is 13.9. The second-order valence-corrected chi connectivity index (χ2v) is 5.38. The van der Waals surface area contributed by atoms with E-state index >= 15 is 0 Å². The highest BCUT2D eigenvalue weighted by Gasteiger charge is 2.28. The van der Waals surface area contributed by atoms with Gasteiger partial charge in [0.1, 0.15) is 5.82 Å². The second kappa shape index (κ2) is 6.00. The fourth-order valence-electron chi connectivity index (χ4n) is 2.35. The number of benzene rings is 1. The molecular formula is C14H20ClFN2. The summed E-state index contributed by atoms with van der Waals surface area (Å²) >= 11 is 5.96. The Morgan fingerprint density at radius 1 is 1.50 bits per heavy atom. The van der Waals surface area contributed by atoms with Gasteiger partial charge in [-0.15, -0.1) is 0 Å². The second-order valence-electron chi connectivity index (χ2n) is 4.95. The van der Waals surface area contributed by atoms with Gasteiger partial charge >= 0.3 is 0 Å². The predicted molar refractivity (Wildman–Crippen MR) is 73.2 cm³/mol. The summed E-state index contributed by atoms with van der Waals surface area (Å²) in [6, 6.07) is 4.62. The van der Waals surface area contributed by atoms with E-state index in [0.717, 1.165) is 19.0 Å². The third-order valence-electron chi connectivity index (χ3n) is 3.58. The topological polar surface area (TPSA) is 29.3 Å². The molecule has 18 heavy (non-hydrogen) atoms. The predicted octanol–water partition coefficient (Wildman–Crippen LogP) is 3.21. The molecule has 0 aliphatic heterocycles. The van der Waals surface area contributed by atoms with Gasteiger partial charge in [0, 0.05) is 29.7 Å². The highest BCUT2D eigenvalue weighted by Crippen LogP contribution is 2.33. The van der Waals surface area contributed by atoms with Crippen LogP contribution < -0.4 is 5.73 Å². The third kappa shape index (κ3) is 3.22. The Morgan fingerprint density at radius 3 is 2.78 bits per heavy atom. The maximum Gasteiger partial charge on any atom is 0.128 e. The van der Waals surface area contributed by atoms with Gasteiger partial charge in [-0.1, -0.05) is 18.5 Å². The highest BCUT2D eigenvalue weighted by molar-refractivity contribution is 6.30. The number of hydrogen-bond acceptors (Lipinski definition) is 2. The first kappa shape index (κ1) is 13.8. The van der Waals surface area contributed by atoms with E-state index in [9.17, 15) is 4.39 Å². The van der Waals surface area contributed by atoms with Gasteiger partial charge in [0.05, 0.1) is 0 Å².